The van der Waals surface area contributed by atoms with Crippen LogP contribution in [0.4, 0.5) is 0 Å². The van der Waals surface area contributed by atoms with Crippen LogP contribution in [0.25, 0.3) is 0 Å². The molecule has 1 fully saturated rings. The first-order valence-electron chi connectivity index (χ1n) is 9.76. The summed E-state index contributed by atoms with van der Waals surface area (Å²) in [5, 5.41) is 10.7. The lowest BCUT2D eigenvalue weighted by Gasteiger charge is -2.25. The first-order chi connectivity index (χ1) is 13.2. The SMILES string of the molecule is CN=C(NCCCc1nc(C)no1)NCC1CCCN1Cc1ccccc1. The van der Waals surface area contributed by atoms with Crippen molar-refractivity contribution in [3.63, 3.8) is 0 Å². The Balaban J connectivity index is 1.38. The second-order valence-electron chi connectivity index (χ2n) is 6.97. The zero-order chi connectivity index (χ0) is 18.9. The van der Waals surface area contributed by atoms with Crippen molar-refractivity contribution in [3.05, 3.63) is 47.6 Å². The number of aliphatic imine (C=N–C) groups is 1. The zero-order valence-corrected chi connectivity index (χ0v) is 16.3. The summed E-state index contributed by atoms with van der Waals surface area (Å²) in [4.78, 5) is 11.1. The van der Waals surface area contributed by atoms with E-state index in [4.69, 9.17) is 4.52 Å². The summed E-state index contributed by atoms with van der Waals surface area (Å²) in [6, 6.07) is 11.2. The van der Waals surface area contributed by atoms with Crippen LogP contribution in [-0.2, 0) is 13.0 Å². The number of rotatable bonds is 8. The van der Waals surface area contributed by atoms with E-state index in [1.54, 1.807) is 0 Å². The van der Waals surface area contributed by atoms with Gasteiger partial charge >= 0.3 is 0 Å². The molecule has 7 nitrogen and oxygen atoms in total. The predicted molar refractivity (Wildman–Crippen MR) is 107 cm³/mol. The number of hydrogen-bond acceptors (Lipinski definition) is 5. The van der Waals surface area contributed by atoms with Crippen LogP contribution in [0.3, 0.4) is 0 Å². The van der Waals surface area contributed by atoms with Crippen molar-refractivity contribution >= 4 is 5.96 Å². The van der Waals surface area contributed by atoms with Gasteiger partial charge < -0.3 is 15.2 Å². The van der Waals surface area contributed by atoms with E-state index in [9.17, 15) is 0 Å². The summed E-state index contributed by atoms with van der Waals surface area (Å²) in [5.41, 5.74) is 1.38. The predicted octanol–water partition coefficient (Wildman–Crippen LogP) is 2.14. The van der Waals surface area contributed by atoms with Crippen LogP contribution in [0.15, 0.2) is 39.8 Å². The molecular weight excluding hydrogens is 340 g/mol. The summed E-state index contributed by atoms with van der Waals surface area (Å²) in [5.74, 6) is 2.23. The minimum atomic E-state index is 0.546. The largest absolute Gasteiger partial charge is 0.356 e. The molecule has 2 aromatic rings. The fraction of sp³-hybridized carbons (Fsp3) is 0.550. The van der Waals surface area contributed by atoms with Crippen molar-refractivity contribution in [1.82, 2.24) is 25.7 Å². The van der Waals surface area contributed by atoms with Gasteiger partial charge in [-0.2, -0.15) is 4.98 Å². The van der Waals surface area contributed by atoms with E-state index in [2.05, 4.69) is 61.0 Å². The maximum atomic E-state index is 5.13. The molecule has 1 aliphatic rings. The van der Waals surface area contributed by atoms with Gasteiger partial charge in [0, 0.05) is 39.1 Å². The Bertz CT molecular complexity index is 714. The third kappa shape index (κ3) is 6.06. The molecule has 2 heterocycles. The Hall–Kier alpha value is -2.41. The summed E-state index contributed by atoms with van der Waals surface area (Å²) in [6.45, 7) is 5.75. The fourth-order valence-corrected chi connectivity index (χ4v) is 3.48. The highest BCUT2D eigenvalue weighted by atomic mass is 16.5. The zero-order valence-electron chi connectivity index (χ0n) is 16.3. The van der Waals surface area contributed by atoms with Gasteiger partial charge in [-0.1, -0.05) is 35.5 Å². The number of benzene rings is 1. The second kappa shape index (κ2) is 10.1. The number of likely N-dealkylation sites (tertiary alicyclic amines) is 1. The molecule has 2 N–H and O–H groups in total. The number of hydrogen-bond donors (Lipinski definition) is 2. The van der Waals surface area contributed by atoms with Crippen LogP contribution >= 0.6 is 0 Å². The molecule has 0 spiro atoms. The highest BCUT2D eigenvalue weighted by Gasteiger charge is 2.24. The van der Waals surface area contributed by atoms with Gasteiger partial charge in [-0.3, -0.25) is 9.89 Å². The molecule has 1 aliphatic heterocycles. The molecular formula is C20H30N6O. The average molecular weight is 371 g/mol. The van der Waals surface area contributed by atoms with E-state index in [0.717, 1.165) is 45.0 Å². The fourth-order valence-electron chi connectivity index (χ4n) is 3.48. The molecule has 0 saturated carbocycles. The number of aryl methyl sites for hydroxylation is 2. The van der Waals surface area contributed by atoms with Crippen LogP contribution in [-0.4, -0.2) is 53.7 Å². The van der Waals surface area contributed by atoms with Gasteiger partial charge in [0.05, 0.1) is 0 Å². The molecule has 0 amide bonds. The van der Waals surface area contributed by atoms with Gasteiger partial charge in [0.1, 0.15) is 0 Å². The van der Waals surface area contributed by atoms with E-state index in [-0.39, 0.29) is 0 Å². The monoisotopic (exact) mass is 370 g/mol. The number of nitrogens with one attached hydrogen (secondary N) is 2. The van der Waals surface area contributed by atoms with Crippen LogP contribution in [0.2, 0.25) is 0 Å². The van der Waals surface area contributed by atoms with Crippen LogP contribution in [0.5, 0.6) is 0 Å². The lowest BCUT2D eigenvalue weighted by atomic mass is 10.2. The van der Waals surface area contributed by atoms with Crippen molar-refractivity contribution in [2.45, 2.75) is 45.2 Å². The van der Waals surface area contributed by atoms with Crippen LogP contribution < -0.4 is 10.6 Å². The normalized spacial score (nSPS) is 18.0. The van der Waals surface area contributed by atoms with Gasteiger partial charge in [-0.25, -0.2) is 0 Å². The van der Waals surface area contributed by atoms with Gasteiger partial charge in [0.2, 0.25) is 5.89 Å². The highest BCUT2D eigenvalue weighted by Crippen LogP contribution is 2.19. The van der Waals surface area contributed by atoms with E-state index in [1.165, 1.54) is 18.4 Å². The Morgan fingerprint density at radius 2 is 2.15 bits per heavy atom. The summed E-state index contributed by atoms with van der Waals surface area (Å²) < 4.78 is 5.13. The molecule has 7 heteroatoms. The Morgan fingerprint density at radius 1 is 1.30 bits per heavy atom. The second-order valence-corrected chi connectivity index (χ2v) is 6.97. The highest BCUT2D eigenvalue weighted by molar-refractivity contribution is 5.79. The summed E-state index contributed by atoms with van der Waals surface area (Å²) in [6.07, 6.45) is 4.19. The summed E-state index contributed by atoms with van der Waals surface area (Å²) >= 11 is 0. The molecule has 0 bridgehead atoms. The molecule has 1 atom stereocenters. The lowest BCUT2D eigenvalue weighted by Crippen LogP contribution is -2.45. The molecule has 27 heavy (non-hydrogen) atoms. The van der Waals surface area contributed by atoms with Crippen molar-refractivity contribution < 1.29 is 4.52 Å². The first kappa shape index (κ1) is 19.4. The molecule has 1 aromatic heterocycles. The average Bonchev–Trinajstić information content (AvgIpc) is 3.31. The number of nitrogens with zero attached hydrogens (tertiary/aromatic N) is 4. The molecule has 0 radical (unpaired) electrons. The smallest absolute Gasteiger partial charge is 0.226 e. The third-order valence-electron chi connectivity index (χ3n) is 4.89. The lowest BCUT2D eigenvalue weighted by molar-refractivity contribution is 0.245. The quantitative estimate of drug-likeness (QED) is 0.421. The van der Waals surface area contributed by atoms with Crippen molar-refractivity contribution in [3.8, 4) is 0 Å². The standard InChI is InChI=1S/C20H30N6O/c1-16-24-19(27-25-16)11-6-12-22-20(21-2)23-14-18-10-7-13-26(18)15-17-8-4-3-5-9-17/h3-5,8-9,18H,6-7,10-15H2,1-2H3,(H2,21,22,23). The molecule has 0 aliphatic carbocycles. The molecule has 146 valence electrons. The van der Waals surface area contributed by atoms with Crippen LogP contribution in [0.1, 0.15) is 36.5 Å². The van der Waals surface area contributed by atoms with Gasteiger partial charge in [0.25, 0.3) is 0 Å². The van der Waals surface area contributed by atoms with Gasteiger partial charge in [-0.05, 0) is 38.3 Å². The van der Waals surface area contributed by atoms with Gasteiger partial charge in [0.15, 0.2) is 11.8 Å². The van der Waals surface area contributed by atoms with Crippen molar-refractivity contribution in [2.75, 3.05) is 26.7 Å². The van der Waals surface area contributed by atoms with E-state index in [1.807, 2.05) is 14.0 Å². The van der Waals surface area contributed by atoms with E-state index in [0.29, 0.717) is 17.8 Å². The number of guanidine groups is 1. The Morgan fingerprint density at radius 3 is 2.89 bits per heavy atom. The van der Waals surface area contributed by atoms with E-state index >= 15 is 0 Å². The van der Waals surface area contributed by atoms with Crippen LogP contribution in [0, 0.1) is 6.92 Å². The Labute approximate surface area is 161 Å². The summed E-state index contributed by atoms with van der Waals surface area (Å²) in [7, 11) is 1.81. The Kier molecular flexibility index (Phi) is 7.21. The first-order valence-corrected chi connectivity index (χ1v) is 9.76. The van der Waals surface area contributed by atoms with Crippen molar-refractivity contribution in [2.24, 2.45) is 4.99 Å². The molecule has 1 aromatic carbocycles. The topological polar surface area (TPSA) is 78.6 Å². The molecule has 1 saturated heterocycles. The minimum absolute atomic E-state index is 0.546. The minimum Gasteiger partial charge on any atom is -0.356 e. The maximum Gasteiger partial charge on any atom is 0.226 e. The maximum absolute atomic E-state index is 5.13. The number of aromatic nitrogens is 2. The van der Waals surface area contributed by atoms with Crippen molar-refractivity contribution in [1.29, 1.82) is 0 Å². The molecule has 1 unspecified atom stereocenters. The third-order valence-corrected chi connectivity index (χ3v) is 4.89. The van der Waals surface area contributed by atoms with Gasteiger partial charge in [-0.15, -0.1) is 0 Å². The van der Waals surface area contributed by atoms with E-state index < -0.39 is 0 Å². The molecule has 3 rings (SSSR count).